The Bertz CT molecular complexity index is 2000. The summed E-state index contributed by atoms with van der Waals surface area (Å²) in [6, 6.07) is 0. The fourth-order valence-electron chi connectivity index (χ4n) is 7.60. The fraction of sp³-hybridized carbons (Fsp3) is 0.507. The lowest BCUT2D eigenvalue weighted by molar-refractivity contribution is -0.167. The molecule has 0 spiro atoms. The minimum Gasteiger partial charge on any atom is -0.462 e. The van der Waals surface area contributed by atoms with E-state index in [9.17, 15) is 14.4 Å². The van der Waals surface area contributed by atoms with Crippen molar-refractivity contribution in [2.75, 3.05) is 13.2 Å². The maximum Gasteiger partial charge on any atom is 0.306 e. The van der Waals surface area contributed by atoms with Crippen molar-refractivity contribution >= 4 is 17.9 Å². The molecule has 0 rings (SSSR count). The number of esters is 3. The first-order valence-electron chi connectivity index (χ1n) is 31.6. The van der Waals surface area contributed by atoms with E-state index in [1.54, 1.807) is 0 Å². The molecule has 0 aliphatic heterocycles. The van der Waals surface area contributed by atoms with Crippen molar-refractivity contribution in [3.8, 4) is 0 Å². The molecule has 0 saturated carbocycles. The largest absolute Gasteiger partial charge is 0.462 e. The Morgan fingerprint density at radius 2 is 0.494 bits per heavy atom. The zero-order valence-corrected chi connectivity index (χ0v) is 51.2. The molecule has 0 aromatic carbocycles. The van der Waals surface area contributed by atoms with Gasteiger partial charge in [-0.1, -0.05) is 253 Å². The zero-order chi connectivity index (χ0) is 58.5. The minimum absolute atomic E-state index is 0.133. The van der Waals surface area contributed by atoms with Crippen molar-refractivity contribution < 1.29 is 28.6 Å². The molecule has 0 fully saturated rings. The van der Waals surface area contributed by atoms with Gasteiger partial charge in [-0.3, -0.25) is 14.4 Å². The number of hydrogen-bond acceptors (Lipinski definition) is 6. The Morgan fingerprint density at radius 1 is 0.259 bits per heavy atom. The van der Waals surface area contributed by atoms with Gasteiger partial charge in [0.25, 0.3) is 0 Å². The number of carbonyl (C=O) groups excluding carboxylic acids is 3. The van der Waals surface area contributed by atoms with Gasteiger partial charge in [0.2, 0.25) is 0 Å². The van der Waals surface area contributed by atoms with Gasteiger partial charge in [0.15, 0.2) is 6.10 Å². The van der Waals surface area contributed by atoms with E-state index >= 15 is 0 Å². The van der Waals surface area contributed by atoms with Gasteiger partial charge in [-0.15, -0.1) is 0 Å². The molecule has 81 heavy (non-hydrogen) atoms. The molecule has 1 unspecified atom stereocenters. The van der Waals surface area contributed by atoms with Gasteiger partial charge in [-0.25, -0.2) is 0 Å². The average Bonchev–Trinajstić information content (AvgIpc) is 3.46. The van der Waals surface area contributed by atoms with Crippen LogP contribution in [0.15, 0.2) is 207 Å². The smallest absolute Gasteiger partial charge is 0.306 e. The van der Waals surface area contributed by atoms with Crippen LogP contribution in [0.1, 0.15) is 226 Å². The van der Waals surface area contributed by atoms with Crippen LogP contribution < -0.4 is 0 Å². The molecule has 0 N–H and O–H groups in total. The maximum atomic E-state index is 12.9. The van der Waals surface area contributed by atoms with Crippen molar-refractivity contribution in [3.05, 3.63) is 207 Å². The molecular weight excluding hydrogens is 997 g/mol. The summed E-state index contributed by atoms with van der Waals surface area (Å²) >= 11 is 0. The average molecular weight is 1110 g/mol. The van der Waals surface area contributed by atoms with E-state index in [0.717, 1.165) is 167 Å². The quantitative estimate of drug-likeness (QED) is 0.0261. The summed E-state index contributed by atoms with van der Waals surface area (Å²) in [7, 11) is 0. The second-order valence-electron chi connectivity index (χ2n) is 19.8. The second-order valence-corrected chi connectivity index (χ2v) is 19.8. The third kappa shape index (κ3) is 64.7. The van der Waals surface area contributed by atoms with E-state index in [4.69, 9.17) is 14.2 Å². The molecule has 0 saturated heterocycles. The standard InChI is InChI=1S/C75H112O6/c1-4-7-10-13-16-19-22-25-27-29-31-33-34-35-36-37-38-39-40-42-43-45-47-50-53-56-59-62-65-68-74(77)80-71-72(70-79-73(76)67-64-61-58-55-52-49-24-21-18-15-12-9-6-3)81-75(78)69-66-63-60-57-54-51-48-46-44-41-32-30-28-26-23-20-17-14-11-8-5-2/h7-8,10-12,15-17,19-21,24-28,31-33,35-36,38-39,41-43,46-48,50,54,56-57,59,72H,4-6,9,13-14,18,22-23,29-30,34,37,40,44-45,49,51-53,55,58,60-71H2,1-3H3/b10-7-,11-8-,15-12-,19-16-,20-17-,24-21-,27-25-,28-26-,33-31-,36-35-,39-38-,41-32-,43-42-,48-46-,50-47-,57-54-,59-56-. The molecule has 0 radical (unpaired) electrons. The van der Waals surface area contributed by atoms with Gasteiger partial charge in [0.1, 0.15) is 13.2 Å². The molecule has 448 valence electrons. The lowest BCUT2D eigenvalue weighted by atomic mass is 10.1. The molecule has 1 atom stereocenters. The molecule has 0 aliphatic rings. The van der Waals surface area contributed by atoms with Crippen LogP contribution in [0.4, 0.5) is 0 Å². The number of carbonyl (C=O) groups is 3. The van der Waals surface area contributed by atoms with E-state index in [-0.39, 0.29) is 44.0 Å². The number of hydrogen-bond donors (Lipinski definition) is 0. The summed E-state index contributed by atoms with van der Waals surface area (Å²) in [6.07, 6.45) is 103. The van der Waals surface area contributed by atoms with Crippen molar-refractivity contribution in [3.63, 3.8) is 0 Å². The van der Waals surface area contributed by atoms with Gasteiger partial charge in [0, 0.05) is 19.3 Å². The SMILES string of the molecule is CC/C=C\C/C=C\C/C=C\C/C=C\C/C=C\C/C=C\C/C=C\C/C=C\C/C=C\CCCC(=O)OCC(COC(=O)CCCCCCC/C=C\C/C=C\CCC)OC(=O)CCCC/C=C\C/C=C\C/C=C\C/C=C\C/C=C\C/C=C\CC. The highest BCUT2D eigenvalue weighted by Crippen LogP contribution is 2.12. The molecule has 0 aromatic rings. The number of ether oxygens (including phenoxy) is 3. The van der Waals surface area contributed by atoms with Gasteiger partial charge in [0.05, 0.1) is 0 Å². The van der Waals surface area contributed by atoms with Crippen LogP contribution in [0.5, 0.6) is 0 Å². The van der Waals surface area contributed by atoms with Crippen LogP contribution in [0.2, 0.25) is 0 Å². The van der Waals surface area contributed by atoms with Crippen LogP contribution in [-0.2, 0) is 28.6 Å². The van der Waals surface area contributed by atoms with Gasteiger partial charge in [-0.05, 0) is 161 Å². The van der Waals surface area contributed by atoms with E-state index in [1.165, 1.54) is 6.42 Å². The Morgan fingerprint density at radius 3 is 0.827 bits per heavy atom. The summed E-state index contributed by atoms with van der Waals surface area (Å²) in [6.45, 7) is 6.23. The van der Waals surface area contributed by atoms with E-state index in [2.05, 4.69) is 227 Å². The zero-order valence-electron chi connectivity index (χ0n) is 51.2. The predicted octanol–water partition coefficient (Wildman–Crippen LogP) is 22.0. The molecule has 6 nitrogen and oxygen atoms in total. The van der Waals surface area contributed by atoms with Gasteiger partial charge >= 0.3 is 17.9 Å². The summed E-state index contributed by atoms with van der Waals surface area (Å²) in [5.74, 6) is -1.07. The second kappa shape index (κ2) is 66.5. The Hall–Kier alpha value is -6.01. The van der Waals surface area contributed by atoms with Crippen molar-refractivity contribution in [1.29, 1.82) is 0 Å². The van der Waals surface area contributed by atoms with E-state index in [1.807, 2.05) is 0 Å². The van der Waals surface area contributed by atoms with Crippen LogP contribution in [-0.4, -0.2) is 37.2 Å². The molecule has 0 aliphatic carbocycles. The molecule has 0 bridgehead atoms. The lowest BCUT2D eigenvalue weighted by Gasteiger charge is -2.18. The number of rotatable bonds is 54. The highest BCUT2D eigenvalue weighted by atomic mass is 16.6. The van der Waals surface area contributed by atoms with Gasteiger partial charge < -0.3 is 14.2 Å². The van der Waals surface area contributed by atoms with Gasteiger partial charge in [-0.2, -0.15) is 0 Å². The van der Waals surface area contributed by atoms with Crippen LogP contribution in [0.3, 0.4) is 0 Å². The molecule has 0 amide bonds. The Labute approximate surface area is 496 Å². The Kier molecular flexibility index (Phi) is 61.6. The van der Waals surface area contributed by atoms with E-state index < -0.39 is 6.10 Å². The van der Waals surface area contributed by atoms with Crippen molar-refractivity contribution in [2.45, 2.75) is 232 Å². The lowest BCUT2D eigenvalue weighted by Crippen LogP contribution is -2.30. The monoisotopic (exact) mass is 1110 g/mol. The first-order valence-corrected chi connectivity index (χ1v) is 31.6. The summed E-state index contributed by atoms with van der Waals surface area (Å²) < 4.78 is 16.8. The predicted molar refractivity (Wildman–Crippen MR) is 352 cm³/mol. The number of allylic oxidation sites excluding steroid dienone is 34. The normalized spacial score (nSPS) is 13.6. The fourth-order valence-corrected chi connectivity index (χ4v) is 7.60. The summed E-state index contributed by atoms with van der Waals surface area (Å²) in [5, 5.41) is 0. The molecular formula is C75H112O6. The summed E-state index contributed by atoms with van der Waals surface area (Å²) in [5.41, 5.74) is 0. The minimum atomic E-state index is -0.845. The van der Waals surface area contributed by atoms with E-state index in [0.29, 0.717) is 19.3 Å². The van der Waals surface area contributed by atoms with Crippen LogP contribution >= 0.6 is 0 Å². The molecule has 0 aromatic heterocycles. The third-order valence-corrected chi connectivity index (χ3v) is 12.2. The topological polar surface area (TPSA) is 78.9 Å². The first-order chi connectivity index (χ1) is 40.0. The third-order valence-electron chi connectivity index (χ3n) is 12.2. The first kappa shape index (κ1) is 75.0. The van der Waals surface area contributed by atoms with Crippen LogP contribution in [0.25, 0.3) is 0 Å². The molecule has 6 heteroatoms. The summed E-state index contributed by atoms with van der Waals surface area (Å²) in [4.78, 5) is 38.3. The highest BCUT2D eigenvalue weighted by molar-refractivity contribution is 5.71. The maximum absolute atomic E-state index is 12.9. The highest BCUT2D eigenvalue weighted by Gasteiger charge is 2.19. The van der Waals surface area contributed by atoms with Crippen molar-refractivity contribution in [1.82, 2.24) is 0 Å². The molecule has 0 heterocycles. The Balaban J connectivity index is 4.57. The number of unbranched alkanes of at least 4 members (excludes halogenated alkanes) is 9. The van der Waals surface area contributed by atoms with Crippen molar-refractivity contribution in [2.24, 2.45) is 0 Å². The van der Waals surface area contributed by atoms with Crippen LogP contribution in [0, 0.1) is 0 Å².